The maximum Gasteiger partial charge on any atom is 0.152 e. The minimum Gasteiger partial charge on any atom is -0.453 e. The Hall–Kier alpha value is -6.06. The van der Waals surface area contributed by atoms with E-state index >= 15 is 0 Å². The number of hydrogen-bond donors (Lipinski definition) is 0. The van der Waals surface area contributed by atoms with Gasteiger partial charge in [0, 0.05) is 33.2 Å². The molecule has 1 aromatic heterocycles. The van der Waals surface area contributed by atoms with Gasteiger partial charge >= 0.3 is 0 Å². The average Bonchev–Trinajstić information content (AvgIpc) is 3.58. The van der Waals surface area contributed by atoms with Crippen molar-refractivity contribution in [3.63, 3.8) is 0 Å². The number of aromatic nitrogens is 1. The lowest BCUT2D eigenvalue weighted by Gasteiger charge is -2.28. The molecule has 2 aliphatic rings. The summed E-state index contributed by atoms with van der Waals surface area (Å²) < 4.78 is 8.79. The molecule has 0 bridgehead atoms. The second-order valence-corrected chi connectivity index (χ2v) is 13.4. The van der Waals surface area contributed by atoms with Crippen molar-refractivity contribution in [2.24, 2.45) is 0 Å². The highest BCUT2D eigenvalue weighted by molar-refractivity contribution is 6.14. The second kappa shape index (κ2) is 9.97. The van der Waals surface area contributed by atoms with E-state index in [0.717, 1.165) is 39.8 Å². The lowest BCUT2D eigenvalue weighted by Crippen LogP contribution is -2.16. The molecule has 228 valence electrons. The van der Waals surface area contributed by atoms with E-state index in [1.165, 1.54) is 49.7 Å². The van der Waals surface area contributed by atoms with E-state index < -0.39 is 0 Å². The Kier molecular flexibility index (Phi) is 5.63. The predicted octanol–water partition coefficient (Wildman–Crippen LogP) is 12.3. The summed E-state index contributed by atoms with van der Waals surface area (Å²) in [6, 6.07) is 56.8. The summed E-state index contributed by atoms with van der Waals surface area (Å²) >= 11 is 0. The van der Waals surface area contributed by atoms with Gasteiger partial charge in [-0.25, -0.2) is 0 Å². The first kappa shape index (κ1) is 27.1. The van der Waals surface area contributed by atoms with Crippen molar-refractivity contribution in [3.8, 4) is 39.4 Å². The van der Waals surface area contributed by atoms with Crippen molar-refractivity contribution in [2.75, 3.05) is 4.90 Å². The largest absolute Gasteiger partial charge is 0.453 e. The standard InChI is InChI=1S/C45H32N2O/c1-45(2)38-26-33(46(31-14-7-4-8-15-31)32-22-20-30(21-23-32)29-12-5-3-6-13-29)24-25-34(38)36-27-37-35-16-11-19-43-44(35)47(41(37)28-39(36)45)40-17-9-10-18-42(40)48-43/h3-28H,1-2H3. The Morgan fingerprint density at radius 1 is 0.500 bits per heavy atom. The van der Waals surface area contributed by atoms with Crippen molar-refractivity contribution < 1.29 is 4.74 Å². The van der Waals surface area contributed by atoms with Gasteiger partial charge in [-0.3, -0.25) is 0 Å². The molecule has 0 atom stereocenters. The van der Waals surface area contributed by atoms with Crippen LogP contribution in [0.4, 0.5) is 17.1 Å². The van der Waals surface area contributed by atoms with Crippen molar-refractivity contribution in [3.05, 3.63) is 169 Å². The molecule has 10 rings (SSSR count). The number of para-hydroxylation sites is 4. The molecule has 0 unspecified atom stereocenters. The van der Waals surface area contributed by atoms with E-state index in [-0.39, 0.29) is 5.41 Å². The summed E-state index contributed by atoms with van der Waals surface area (Å²) in [4.78, 5) is 2.37. The third-order valence-electron chi connectivity index (χ3n) is 10.4. The van der Waals surface area contributed by atoms with Crippen molar-refractivity contribution >= 4 is 38.9 Å². The molecule has 0 saturated heterocycles. The second-order valence-electron chi connectivity index (χ2n) is 13.4. The lowest BCUT2D eigenvalue weighted by atomic mass is 9.82. The first-order valence-corrected chi connectivity index (χ1v) is 16.6. The zero-order valence-corrected chi connectivity index (χ0v) is 26.8. The third-order valence-corrected chi connectivity index (χ3v) is 10.4. The molecule has 7 aromatic carbocycles. The first-order valence-electron chi connectivity index (χ1n) is 16.6. The molecule has 0 spiro atoms. The van der Waals surface area contributed by atoms with Gasteiger partial charge < -0.3 is 14.2 Å². The number of rotatable bonds is 4. The van der Waals surface area contributed by atoms with Crippen molar-refractivity contribution in [1.82, 2.24) is 4.57 Å². The molecule has 0 amide bonds. The fourth-order valence-corrected chi connectivity index (χ4v) is 8.03. The first-order chi connectivity index (χ1) is 23.6. The van der Waals surface area contributed by atoms with Crippen LogP contribution in [0.25, 0.3) is 49.7 Å². The van der Waals surface area contributed by atoms with Crippen LogP contribution in [0, 0.1) is 0 Å². The van der Waals surface area contributed by atoms with Crippen LogP contribution in [0.2, 0.25) is 0 Å². The highest BCUT2D eigenvalue weighted by atomic mass is 16.5. The maximum atomic E-state index is 6.39. The summed E-state index contributed by atoms with van der Waals surface area (Å²) in [5.41, 5.74) is 14.4. The molecular formula is C45H32N2O. The zero-order chi connectivity index (χ0) is 32.0. The van der Waals surface area contributed by atoms with Crippen LogP contribution in [0.15, 0.2) is 158 Å². The number of anilines is 3. The Morgan fingerprint density at radius 2 is 1.15 bits per heavy atom. The van der Waals surface area contributed by atoms with E-state index in [4.69, 9.17) is 4.74 Å². The Balaban J connectivity index is 1.14. The SMILES string of the molecule is CC1(C)c2cc(N(c3ccccc3)c3ccc(-c4ccccc4)cc3)ccc2-c2cc3c4cccc5c4n(c3cc21)-c1ccccc1O5. The summed E-state index contributed by atoms with van der Waals surface area (Å²) in [5.74, 6) is 1.80. The van der Waals surface area contributed by atoms with Gasteiger partial charge in [-0.1, -0.05) is 105 Å². The monoisotopic (exact) mass is 616 g/mol. The number of nitrogens with zero attached hydrogens (tertiary/aromatic N) is 2. The number of fused-ring (bicyclic) bond motifs is 8. The van der Waals surface area contributed by atoms with Gasteiger partial charge in [-0.2, -0.15) is 0 Å². The fraction of sp³-hybridized carbons (Fsp3) is 0.0667. The predicted molar refractivity (Wildman–Crippen MR) is 199 cm³/mol. The van der Waals surface area contributed by atoms with Crippen molar-refractivity contribution in [1.29, 1.82) is 0 Å². The summed E-state index contributed by atoms with van der Waals surface area (Å²) in [5, 5.41) is 2.47. The summed E-state index contributed by atoms with van der Waals surface area (Å²) in [6.45, 7) is 4.74. The van der Waals surface area contributed by atoms with E-state index in [9.17, 15) is 0 Å². The van der Waals surface area contributed by atoms with Crippen LogP contribution in [0.1, 0.15) is 25.0 Å². The van der Waals surface area contributed by atoms with E-state index in [1.54, 1.807) is 0 Å². The highest BCUT2D eigenvalue weighted by Gasteiger charge is 2.37. The maximum absolute atomic E-state index is 6.39. The van der Waals surface area contributed by atoms with Gasteiger partial charge in [0.15, 0.2) is 11.5 Å². The van der Waals surface area contributed by atoms with E-state index in [0.29, 0.717) is 0 Å². The molecule has 2 heterocycles. The van der Waals surface area contributed by atoms with E-state index in [1.807, 2.05) is 6.07 Å². The molecule has 3 heteroatoms. The van der Waals surface area contributed by atoms with Gasteiger partial charge in [-0.15, -0.1) is 0 Å². The topological polar surface area (TPSA) is 17.4 Å². The Bertz CT molecular complexity index is 2540. The van der Waals surface area contributed by atoms with Crippen LogP contribution < -0.4 is 9.64 Å². The molecule has 48 heavy (non-hydrogen) atoms. The third kappa shape index (κ3) is 3.82. The molecule has 0 N–H and O–H groups in total. The Labute approximate surface area is 279 Å². The Morgan fingerprint density at radius 3 is 1.96 bits per heavy atom. The van der Waals surface area contributed by atoms with Crippen LogP contribution in [0.5, 0.6) is 11.5 Å². The minimum atomic E-state index is -0.196. The summed E-state index contributed by atoms with van der Waals surface area (Å²) in [6.07, 6.45) is 0. The van der Waals surface area contributed by atoms with Crippen LogP contribution in [0.3, 0.4) is 0 Å². The molecule has 8 aromatic rings. The smallest absolute Gasteiger partial charge is 0.152 e. The average molecular weight is 617 g/mol. The van der Waals surface area contributed by atoms with Gasteiger partial charge in [0.05, 0.1) is 16.7 Å². The van der Waals surface area contributed by atoms with Crippen LogP contribution in [-0.4, -0.2) is 4.57 Å². The van der Waals surface area contributed by atoms with Crippen LogP contribution in [-0.2, 0) is 5.41 Å². The minimum absolute atomic E-state index is 0.196. The normalized spacial score (nSPS) is 13.5. The summed E-state index contributed by atoms with van der Waals surface area (Å²) in [7, 11) is 0. The quantitative estimate of drug-likeness (QED) is 0.196. The number of ether oxygens (including phenoxy) is 1. The number of hydrogen-bond acceptors (Lipinski definition) is 2. The van der Waals surface area contributed by atoms with Crippen LogP contribution >= 0.6 is 0 Å². The zero-order valence-electron chi connectivity index (χ0n) is 26.8. The fourth-order valence-electron chi connectivity index (χ4n) is 8.03. The molecule has 1 aliphatic carbocycles. The van der Waals surface area contributed by atoms with Gasteiger partial charge in [0.1, 0.15) is 0 Å². The molecule has 0 fully saturated rings. The highest BCUT2D eigenvalue weighted by Crippen LogP contribution is 2.54. The van der Waals surface area contributed by atoms with Gasteiger partial charge in [0.2, 0.25) is 0 Å². The van der Waals surface area contributed by atoms with E-state index in [2.05, 4.69) is 175 Å². The van der Waals surface area contributed by atoms with Gasteiger partial charge in [0.25, 0.3) is 0 Å². The molecule has 1 aliphatic heterocycles. The molecular weight excluding hydrogens is 585 g/mol. The molecule has 3 nitrogen and oxygen atoms in total. The lowest BCUT2D eigenvalue weighted by molar-refractivity contribution is 0.476. The molecule has 0 radical (unpaired) electrons. The molecule has 0 saturated carbocycles. The van der Waals surface area contributed by atoms with Gasteiger partial charge in [-0.05, 0) is 100 Å². The number of benzene rings is 7. The van der Waals surface area contributed by atoms with Crippen molar-refractivity contribution in [2.45, 2.75) is 19.3 Å².